The minimum absolute atomic E-state index is 0.195. The van der Waals surface area contributed by atoms with Crippen LogP contribution in [0.2, 0.25) is 5.02 Å². The van der Waals surface area contributed by atoms with Gasteiger partial charge in [0.2, 0.25) is 5.95 Å². The minimum Gasteiger partial charge on any atom is -0.291 e. The summed E-state index contributed by atoms with van der Waals surface area (Å²) in [7, 11) is 0. The first kappa shape index (κ1) is 14.3. The second kappa shape index (κ2) is 6.86. The van der Waals surface area contributed by atoms with E-state index in [0.29, 0.717) is 11.0 Å². The third-order valence-corrected chi connectivity index (χ3v) is 2.92. The fraction of sp³-hybridized carbons (Fsp3) is 0.214. The van der Waals surface area contributed by atoms with Crippen LogP contribution in [0.1, 0.15) is 24.6 Å². The molecule has 2 rings (SSSR count). The molecular weight excluding hydrogens is 276 g/mol. The van der Waals surface area contributed by atoms with Gasteiger partial charge >= 0.3 is 0 Å². The summed E-state index contributed by atoms with van der Waals surface area (Å²) in [5.74, 6) is 0.323. The molecule has 0 radical (unpaired) electrons. The van der Waals surface area contributed by atoms with E-state index in [1.165, 1.54) is 6.07 Å². The number of rotatable bonds is 5. The monoisotopic (exact) mass is 290 g/mol. The Morgan fingerprint density at radius 1 is 1.45 bits per heavy atom. The van der Waals surface area contributed by atoms with Crippen LogP contribution in [0.15, 0.2) is 40.2 Å². The van der Waals surface area contributed by atoms with Crippen molar-refractivity contribution in [1.82, 2.24) is 9.97 Å². The molecule has 2 N–H and O–H groups in total. The molecule has 2 aromatic rings. The molecule has 0 aliphatic rings. The molecule has 6 heteroatoms. The van der Waals surface area contributed by atoms with E-state index in [2.05, 4.69) is 20.5 Å². The lowest BCUT2D eigenvalue weighted by Gasteiger charge is -2.02. The van der Waals surface area contributed by atoms with Gasteiger partial charge in [0, 0.05) is 22.3 Å². The van der Waals surface area contributed by atoms with Gasteiger partial charge in [0.15, 0.2) is 0 Å². The van der Waals surface area contributed by atoms with E-state index in [4.69, 9.17) is 11.6 Å². The highest BCUT2D eigenvalue weighted by molar-refractivity contribution is 6.33. The highest BCUT2D eigenvalue weighted by atomic mass is 35.5. The number of aryl methyl sites for hydroxylation is 1. The number of hydrazone groups is 1. The molecule has 0 bridgehead atoms. The number of nitrogens with zero attached hydrogens (tertiary/aromatic N) is 2. The summed E-state index contributed by atoms with van der Waals surface area (Å²) in [6, 6.07) is 8.84. The Balaban J connectivity index is 2.11. The number of nitrogens with one attached hydrogen (secondary N) is 2. The molecule has 1 aromatic carbocycles. The van der Waals surface area contributed by atoms with Crippen LogP contribution >= 0.6 is 11.6 Å². The normalized spacial score (nSPS) is 10.9. The number of hydrogen-bond acceptors (Lipinski definition) is 4. The van der Waals surface area contributed by atoms with Gasteiger partial charge < -0.3 is 0 Å². The van der Waals surface area contributed by atoms with Gasteiger partial charge in [-0.1, -0.05) is 43.1 Å². The standard InChI is InChI=1S/C14H15ClN4O/c1-2-5-11-8-13(20)18-14(17-11)19-16-9-10-6-3-4-7-12(10)15/h3-4,6-9H,2,5H2,1H3,(H2,17,18,19,20)/b16-9+. The molecule has 1 aromatic heterocycles. The van der Waals surface area contributed by atoms with Crippen molar-refractivity contribution in [2.75, 3.05) is 5.43 Å². The zero-order valence-corrected chi connectivity index (χ0v) is 11.8. The molecular formula is C14H15ClN4O. The number of aromatic nitrogens is 2. The summed E-state index contributed by atoms with van der Waals surface area (Å²) in [6.45, 7) is 2.03. The zero-order valence-electron chi connectivity index (χ0n) is 11.1. The van der Waals surface area contributed by atoms with Crippen LogP contribution < -0.4 is 11.0 Å². The Morgan fingerprint density at radius 3 is 3.00 bits per heavy atom. The van der Waals surface area contributed by atoms with Crippen LogP contribution in [0.4, 0.5) is 5.95 Å². The highest BCUT2D eigenvalue weighted by Crippen LogP contribution is 2.12. The first-order valence-electron chi connectivity index (χ1n) is 6.33. The summed E-state index contributed by atoms with van der Waals surface area (Å²) in [4.78, 5) is 18.3. The first-order valence-corrected chi connectivity index (χ1v) is 6.70. The SMILES string of the molecule is CCCc1cc(=O)[nH]c(N/N=C/c2ccccc2Cl)n1. The fourth-order valence-corrected chi connectivity index (χ4v) is 1.87. The lowest BCUT2D eigenvalue weighted by Crippen LogP contribution is -2.11. The maximum absolute atomic E-state index is 11.5. The molecule has 0 atom stereocenters. The maximum Gasteiger partial charge on any atom is 0.252 e. The second-order valence-corrected chi connectivity index (χ2v) is 4.63. The van der Waals surface area contributed by atoms with Crippen LogP contribution in [0.3, 0.4) is 0 Å². The van der Waals surface area contributed by atoms with Crippen molar-refractivity contribution in [2.24, 2.45) is 5.10 Å². The van der Waals surface area contributed by atoms with Crippen LogP contribution in [-0.4, -0.2) is 16.2 Å². The van der Waals surface area contributed by atoms with Crippen LogP contribution in [-0.2, 0) is 6.42 Å². The van der Waals surface area contributed by atoms with Gasteiger partial charge in [0.1, 0.15) is 0 Å². The van der Waals surface area contributed by atoms with Crippen molar-refractivity contribution in [3.63, 3.8) is 0 Å². The molecule has 104 valence electrons. The highest BCUT2D eigenvalue weighted by Gasteiger charge is 1.99. The Hall–Kier alpha value is -2.14. The summed E-state index contributed by atoms with van der Waals surface area (Å²) >= 11 is 6.01. The van der Waals surface area contributed by atoms with Gasteiger partial charge in [-0.2, -0.15) is 5.10 Å². The number of aromatic amines is 1. The van der Waals surface area contributed by atoms with E-state index < -0.39 is 0 Å². The van der Waals surface area contributed by atoms with Crippen molar-refractivity contribution in [2.45, 2.75) is 19.8 Å². The van der Waals surface area contributed by atoms with E-state index >= 15 is 0 Å². The third kappa shape index (κ3) is 3.93. The molecule has 0 saturated carbocycles. The summed E-state index contributed by atoms with van der Waals surface area (Å²) in [5.41, 5.74) is 4.04. The maximum atomic E-state index is 11.5. The Kier molecular flexibility index (Phi) is 4.90. The van der Waals surface area contributed by atoms with Gasteiger partial charge in [0.25, 0.3) is 5.56 Å². The number of H-pyrrole nitrogens is 1. The predicted molar refractivity (Wildman–Crippen MR) is 81.5 cm³/mol. The quantitative estimate of drug-likeness (QED) is 0.657. The number of halogens is 1. The number of benzene rings is 1. The lowest BCUT2D eigenvalue weighted by atomic mass is 10.2. The van der Waals surface area contributed by atoms with Crippen LogP contribution in [0.5, 0.6) is 0 Å². The fourth-order valence-electron chi connectivity index (χ4n) is 1.69. The van der Waals surface area contributed by atoms with Crippen molar-refractivity contribution < 1.29 is 0 Å². The largest absolute Gasteiger partial charge is 0.291 e. The number of hydrogen-bond donors (Lipinski definition) is 2. The molecule has 0 unspecified atom stereocenters. The third-order valence-electron chi connectivity index (χ3n) is 2.58. The smallest absolute Gasteiger partial charge is 0.252 e. The van der Waals surface area contributed by atoms with Crippen molar-refractivity contribution in [3.05, 3.63) is 57.0 Å². The molecule has 0 spiro atoms. The molecule has 0 aliphatic heterocycles. The van der Waals surface area contributed by atoms with Gasteiger partial charge in [-0.15, -0.1) is 0 Å². The van der Waals surface area contributed by atoms with E-state index in [-0.39, 0.29) is 5.56 Å². The predicted octanol–water partition coefficient (Wildman–Crippen LogP) is 2.82. The summed E-state index contributed by atoms with van der Waals surface area (Å²) < 4.78 is 0. The first-order chi connectivity index (χ1) is 9.69. The molecule has 20 heavy (non-hydrogen) atoms. The van der Waals surface area contributed by atoms with E-state index in [1.807, 2.05) is 25.1 Å². The van der Waals surface area contributed by atoms with Crippen LogP contribution in [0, 0.1) is 0 Å². The molecule has 0 fully saturated rings. The average molecular weight is 291 g/mol. The van der Waals surface area contributed by atoms with Gasteiger partial charge in [-0.3, -0.25) is 9.78 Å². The topological polar surface area (TPSA) is 70.1 Å². The molecule has 0 saturated heterocycles. The van der Waals surface area contributed by atoms with Gasteiger partial charge in [-0.05, 0) is 12.5 Å². The Labute approximate surface area is 121 Å². The van der Waals surface area contributed by atoms with Gasteiger partial charge in [-0.25, -0.2) is 10.4 Å². The van der Waals surface area contributed by atoms with E-state index in [0.717, 1.165) is 24.1 Å². The summed E-state index contributed by atoms with van der Waals surface area (Å²) in [6.07, 6.45) is 3.26. The lowest BCUT2D eigenvalue weighted by molar-refractivity contribution is 0.867. The molecule has 1 heterocycles. The van der Waals surface area contributed by atoms with Crippen molar-refractivity contribution in [3.8, 4) is 0 Å². The van der Waals surface area contributed by atoms with E-state index in [1.54, 1.807) is 12.3 Å². The Bertz CT molecular complexity index is 666. The molecule has 0 aliphatic carbocycles. The Morgan fingerprint density at radius 2 is 2.25 bits per heavy atom. The molecule has 5 nitrogen and oxygen atoms in total. The van der Waals surface area contributed by atoms with Gasteiger partial charge in [0.05, 0.1) is 6.21 Å². The average Bonchev–Trinajstić information content (AvgIpc) is 2.41. The summed E-state index contributed by atoms with van der Waals surface area (Å²) in [5, 5.41) is 4.63. The van der Waals surface area contributed by atoms with Crippen molar-refractivity contribution >= 4 is 23.8 Å². The minimum atomic E-state index is -0.195. The van der Waals surface area contributed by atoms with Crippen LogP contribution in [0.25, 0.3) is 0 Å². The zero-order chi connectivity index (χ0) is 14.4. The van der Waals surface area contributed by atoms with Crippen molar-refractivity contribution in [1.29, 1.82) is 0 Å². The van der Waals surface area contributed by atoms with E-state index in [9.17, 15) is 4.79 Å². The second-order valence-electron chi connectivity index (χ2n) is 4.23. The number of anilines is 1. The molecule has 0 amide bonds.